The highest BCUT2D eigenvalue weighted by Gasteiger charge is 2.19. The maximum atomic E-state index is 8.11. The molecule has 122 valence electrons. The van der Waals surface area contributed by atoms with Crippen molar-refractivity contribution in [3.63, 3.8) is 0 Å². The molecule has 2 aromatic rings. The number of benzene rings is 1. The monoisotopic (exact) mass is 331 g/mol. The van der Waals surface area contributed by atoms with Crippen LogP contribution in [0.15, 0.2) is 35.9 Å². The molecule has 0 bridgehead atoms. The Balaban J connectivity index is 1.67. The summed E-state index contributed by atoms with van der Waals surface area (Å²) in [6, 6.07) is 8.24. The van der Waals surface area contributed by atoms with Crippen molar-refractivity contribution >= 4 is 22.6 Å². The molecule has 0 N–H and O–H groups in total. The van der Waals surface area contributed by atoms with Gasteiger partial charge in [-0.25, -0.2) is 4.98 Å². The summed E-state index contributed by atoms with van der Waals surface area (Å²) < 4.78 is 18.5. The standard InChI is InChI=1S/C19H24ClN3/c20-16-9-7-15(8-10-16)13-23-18-6-2-1-5-17(18)21-19(23)14-22-11-3-4-12-22/h1-2,5-7,16H,3-4,8-14H2/i9D2. The van der Waals surface area contributed by atoms with Crippen LogP contribution < -0.4 is 0 Å². The Morgan fingerprint density at radius 2 is 2.04 bits per heavy atom. The minimum absolute atomic E-state index is 0.431. The van der Waals surface area contributed by atoms with Crippen LogP contribution in [0, 0.1) is 0 Å². The fourth-order valence-electron chi connectivity index (χ4n) is 3.57. The largest absolute Gasteiger partial charge is 0.323 e. The van der Waals surface area contributed by atoms with Gasteiger partial charge in [0.1, 0.15) is 5.82 Å². The fourth-order valence-corrected chi connectivity index (χ4v) is 3.74. The summed E-state index contributed by atoms with van der Waals surface area (Å²) in [5, 5.41) is -0.431. The third kappa shape index (κ3) is 3.31. The van der Waals surface area contributed by atoms with Gasteiger partial charge in [-0.3, -0.25) is 4.90 Å². The molecule has 1 fully saturated rings. The van der Waals surface area contributed by atoms with Crippen LogP contribution in [0.4, 0.5) is 0 Å². The van der Waals surface area contributed by atoms with Crippen LogP contribution in [0.3, 0.4) is 0 Å². The summed E-state index contributed by atoms with van der Waals surface area (Å²) >= 11 is 6.15. The van der Waals surface area contributed by atoms with Gasteiger partial charge in [-0.05, 0) is 57.3 Å². The summed E-state index contributed by atoms with van der Waals surface area (Å²) in [4.78, 5) is 7.33. The number of rotatable bonds is 4. The second kappa shape index (κ2) is 6.66. The molecule has 1 atom stereocenters. The summed E-state index contributed by atoms with van der Waals surface area (Å²) in [6.45, 7) is 3.85. The van der Waals surface area contributed by atoms with Crippen molar-refractivity contribution in [2.75, 3.05) is 13.1 Å². The second-order valence-electron chi connectivity index (χ2n) is 6.56. The minimum atomic E-state index is -1.43. The van der Waals surface area contributed by atoms with Crippen molar-refractivity contribution in [1.82, 2.24) is 14.5 Å². The molecule has 1 aromatic heterocycles. The maximum Gasteiger partial charge on any atom is 0.124 e. The number of halogens is 1. The van der Waals surface area contributed by atoms with Gasteiger partial charge in [0.25, 0.3) is 0 Å². The SMILES string of the molecule is [2H]C1([2H])C=C(Cn2c(CN3CCCC3)nc3ccccc32)CCC1Cl. The third-order valence-corrected chi connectivity index (χ3v) is 5.19. The first-order chi connectivity index (χ1) is 12.0. The highest BCUT2D eigenvalue weighted by molar-refractivity contribution is 6.20. The van der Waals surface area contributed by atoms with Crippen molar-refractivity contribution in [3.05, 3.63) is 41.7 Å². The topological polar surface area (TPSA) is 21.1 Å². The van der Waals surface area contributed by atoms with Gasteiger partial charge < -0.3 is 4.57 Å². The minimum Gasteiger partial charge on any atom is -0.323 e. The first kappa shape index (κ1) is 13.0. The van der Waals surface area contributed by atoms with E-state index in [9.17, 15) is 0 Å². The molecule has 0 radical (unpaired) electrons. The Kier molecular flexibility index (Phi) is 3.77. The van der Waals surface area contributed by atoms with Crippen LogP contribution in [0.25, 0.3) is 11.0 Å². The van der Waals surface area contributed by atoms with Crippen LogP contribution in [-0.4, -0.2) is 32.9 Å². The fraction of sp³-hybridized carbons (Fsp3) is 0.526. The molecule has 1 aromatic carbocycles. The predicted octanol–water partition coefficient (Wildman–Crippen LogP) is 4.35. The van der Waals surface area contributed by atoms with Gasteiger partial charge in [-0.1, -0.05) is 23.8 Å². The number of allylic oxidation sites excluding steroid dienone is 2. The number of para-hydroxylation sites is 2. The lowest BCUT2D eigenvalue weighted by Gasteiger charge is -2.20. The lowest BCUT2D eigenvalue weighted by Crippen LogP contribution is -2.22. The highest BCUT2D eigenvalue weighted by Crippen LogP contribution is 2.26. The second-order valence-corrected chi connectivity index (χ2v) is 7.09. The number of fused-ring (bicyclic) bond motifs is 1. The summed E-state index contributed by atoms with van der Waals surface area (Å²) in [5.74, 6) is 1.08. The summed E-state index contributed by atoms with van der Waals surface area (Å²) in [5.41, 5.74) is 3.27. The molecule has 1 aliphatic carbocycles. The first-order valence-corrected chi connectivity index (χ1v) is 8.98. The molecule has 4 rings (SSSR count). The van der Waals surface area contributed by atoms with Gasteiger partial charge in [0.15, 0.2) is 0 Å². The number of imidazole rings is 1. The number of hydrogen-bond acceptors (Lipinski definition) is 2. The number of nitrogens with zero attached hydrogens (tertiary/aromatic N) is 3. The van der Waals surface area contributed by atoms with E-state index in [1.54, 1.807) is 6.08 Å². The van der Waals surface area contributed by atoms with Gasteiger partial charge in [0, 0.05) is 14.7 Å². The van der Waals surface area contributed by atoms with Crippen molar-refractivity contribution in [2.24, 2.45) is 0 Å². The number of aromatic nitrogens is 2. The van der Waals surface area contributed by atoms with E-state index in [4.69, 9.17) is 19.3 Å². The molecule has 3 nitrogen and oxygen atoms in total. The maximum absolute atomic E-state index is 8.11. The zero-order valence-corrected chi connectivity index (χ0v) is 14.1. The van der Waals surface area contributed by atoms with Crippen LogP contribution >= 0.6 is 11.6 Å². The Morgan fingerprint density at radius 1 is 1.22 bits per heavy atom. The van der Waals surface area contributed by atoms with E-state index in [0.29, 0.717) is 13.0 Å². The first-order valence-electron chi connectivity index (χ1n) is 9.54. The van der Waals surface area contributed by atoms with Gasteiger partial charge in [0.2, 0.25) is 0 Å². The lowest BCUT2D eigenvalue weighted by atomic mass is 9.99. The molecule has 1 aliphatic heterocycles. The molecule has 0 amide bonds. The number of hydrogen-bond donors (Lipinski definition) is 0. The van der Waals surface area contributed by atoms with E-state index >= 15 is 0 Å². The molecule has 2 heterocycles. The molecule has 4 heteroatoms. The smallest absolute Gasteiger partial charge is 0.124 e. The summed E-state index contributed by atoms with van der Waals surface area (Å²) in [6.07, 6.45) is 4.38. The van der Waals surface area contributed by atoms with E-state index in [1.165, 1.54) is 12.8 Å². The van der Waals surface area contributed by atoms with E-state index < -0.39 is 11.8 Å². The zero-order chi connectivity index (χ0) is 17.4. The highest BCUT2D eigenvalue weighted by atomic mass is 35.5. The van der Waals surface area contributed by atoms with Gasteiger partial charge in [-0.2, -0.15) is 0 Å². The Morgan fingerprint density at radius 3 is 2.87 bits per heavy atom. The average Bonchev–Trinajstić information content (AvgIpc) is 3.20. The number of likely N-dealkylation sites (tertiary alicyclic amines) is 1. The number of alkyl halides is 1. The average molecular weight is 332 g/mol. The van der Waals surface area contributed by atoms with Crippen LogP contribution in [0.5, 0.6) is 0 Å². The molecule has 0 spiro atoms. The Labute approximate surface area is 145 Å². The van der Waals surface area contributed by atoms with Crippen molar-refractivity contribution in [3.8, 4) is 0 Å². The Bertz CT molecular complexity index is 793. The summed E-state index contributed by atoms with van der Waals surface area (Å²) in [7, 11) is 0. The normalized spacial score (nSPS) is 26.1. The molecular formula is C19H24ClN3. The molecule has 1 saturated heterocycles. The van der Waals surface area contributed by atoms with Gasteiger partial charge >= 0.3 is 0 Å². The van der Waals surface area contributed by atoms with E-state index in [0.717, 1.165) is 48.5 Å². The van der Waals surface area contributed by atoms with Crippen molar-refractivity contribution in [1.29, 1.82) is 0 Å². The van der Waals surface area contributed by atoms with E-state index in [2.05, 4.69) is 21.6 Å². The molecule has 2 aliphatic rings. The molecule has 23 heavy (non-hydrogen) atoms. The molecule has 1 unspecified atom stereocenters. The molecule has 0 saturated carbocycles. The predicted molar refractivity (Wildman–Crippen MR) is 95.8 cm³/mol. The Hall–Kier alpha value is -1.32. The van der Waals surface area contributed by atoms with Gasteiger partial charge in [0.05, 0.1) is 17.6 Å². The van der Waals surface area contributed by atoms with Crippen LogP contribution in [0.1, 0.15) is 40.6 Å². The van der Waals surface area contributed by atoms with Crippen LogP contribution in [-0.2, 0) is 13.1 Å². The lowest BCUT2D eigenvalue weighted by molar-refractivity contribution is 0.318. The molecular weight excluding hydrogens is 306 g/mol. The van der Waals surface area contributed by atoms with E-state index in [1.807, 2.05) is 12.1 Å². The quantitative estimate of drug-likeness (QED) is 0.613. The zero-order valence-electron chi connectivity index (χ0n) is 15.3. The van der Waals surface area contributed by atoms with E-state index in [-0.39, 0.29) is 0 Å². The van der Waals surface area contributed by atoms with Crippen molar-refractivity contribution < 1.29 is 2.74 Å². The van der Waals surface area contributed by atoms with Gasteiger partial charge in [-0.15, -0.1) is 11.6 Å². The van der Waals surface area contributed by atoms with Crippen LogP contribution in [0.2, 0.25) is 0 Å². The van der Waals surface area contributed by atoms with Crippen molar-refractivity contribution in [2.45, 2.75) is 50.5 Å². The third-order valence-electron chi connectivity index (χ3n) is 4.85.